The lowest BCUT2D eigenvalue weighted by Gasteiger charge is -2.31. The van der Waals surface area contributed by atoms with Crippen molar-refractivity contribution in [1.29, 1.82) is 0 Å². The van der Waals surface area contributed by atoms with E-state index in [1.165, 1.54) is 18.2 Å². The normalized spacial score (nSPS) is 14.8. The number of amides is 1. The molecule has 1 fully saturated rings. The van der Waals surface area contributed by atoms with Crippen LogP contribution < -0.4 is 4.90 Å². The van der Waals surface area contributed by atoms with Gasteiger partial charge in [0.1, 0.15) is 17.3 Å². The minimum absolute atomic E-state index is 0.00498. The molecule has 6 nitrogen and oxygen atoms in total. The molecule has 2 heterocycles. The maximum atomic E-state index is 14.7. The molecule has 2 aromatic carbocycles. The zero-order valence-electron chi connectivity index (χ0n) is 18.8. The van der Waals surface area contributed by atoms with E-state index in [4.69, 9.17) is 9.26 Å². The van der Waals surface area contributed by atoms with Crippen LogP contribution in [0.25, 0.3) is 11.3 Å². The molecule has 8 heteroatoms. The van der Waals surface area contributed by atoms with Gasteiger partial charge in [-0.15, -0.1) is 0 Å². The molecule has 1 saturated heterocycles. The lowest BCUT2D eigenvalue weighted by molar-refractivity contribution is 0.0666. The zero-order chi connectivity index (χ0) is 23.4. The summed E-state index contributed by atoms with van der Waals surface area (Å²) in [5, 5.41) is 4.20. The Hall–Kier alpha value is -3.26. The standard InChI is InChI=1S/C25H27F2N3O3/c1-3-17(2)30(24(31)19-9-5-7-11-22(19)27)16-20-23(18-8-4-6-10-21(18)26)28-33-25(20)29-12-14-32-15-13-29/h4-11,17H,3,12-16H2,1-2H3/t17-/m0/s1. The van der Waals surface area contributed by atoms with Crippen LogP contribution in [-0.4, -0.2) is 48.3 Å². The molecule has 4 rings (SSSR count). The molecule has 0 radical (unpaired) electrons. The van der Waals surface area contributed by atoms with Crippen molar-refractivity contribution in [2.24, 2.45) is 0 Å². The highest BCUT2D eigenvalue weighted by Crippen LogP contribution is 2.35. The van der Waals surface area contributed by atoms with Crippen LogP contribution in [0.4, 0.5) is 14.7 Å². The summed E-state index contributed by atoms with van der Waals surface area (Å²) in [6.07, 6.45) is 0.660. The van der Waals surface area contributed by atoms with E-state index >= 15 is 0 Å². The molecule has 0 N–H and O–H groups in total. The van der Waals surface area contributed by atoms with Crippen LogP contribution in [0.3, 0.4) is 0 Å². The minimum atomic E-state index is -0.580. The first kappa shape index (κ1) is 22.9. The van der Waals surface area contributed by atoms with E-state index in [-0.39, 0.29) is 18.2 Å². The Morgan fingerprint density at radius 1 is 1.09 bits per heavy atom. The highest BCUT2D eigenvalue weighted by Gasteiger charge is 2.30. The molecule has 3 aromatic rings. The van der Waals surface area contributed by atoms with Gasteiger partial charge in [-0.25, -0.2) is 8.78 Å². The van der Waals surface area contributed by atoms with E-state index in [0.717, 1.165) is 0 Å². The minimum Gasteiger partial charge on any atom is -0.378 e. The second-order valence-electron chi connectivity index (χ2n) is 8.06. The number of aromatic nitrogens is 1. The summed E-state index contributed by atoms with van der Waals surface area (Å²) in [6.45, 7) is 6.19. The van der Waals surface area contributed by atoms with Gasteiger partial charge in [0.25, 0.3) is 5.91 Å². The highest BCUT2D eigenvalue weighted by molar-refractivity contribution is 5.94. The third kappa shape index (κ3) is 4.75. The third-order valence-corrected chi connectivity index (χ3v) is 6.01. The Morgan fingerprint density at radius 3 is 2.42 bits per heavy atom. The summed E-state index contributed by atoms with van der Waals surface area (Å²) in [4.78, 5) is 17.0. The molecule has 1 amide bonds. The lowest BCUT2D eigenvalue weighted by atomic mass is 10.0. The zero-order valence-corrected chi connectivity index (χ0v) is 18.8. The van der Waals surface area contributed by atoms with Crippen LogP contribution in [0.15, 0.2) is 53.1 Å². The second-order valence-corrected chi connectivity index (χ2v) is 8.06. The number of ether oxygens (including phenoxy) is 1. The van der Waals surface area contributed by atoms with Gasteiger partial charge in [0, 0.05) is 24.7 Å². The molecule has 33 heavy (non-hydrogen) atoms. The van der Waals surface area contributed by atoms with Crippen LogP contribution in [0.1, 0.15) is 36.2 Å². The van der Waals surface area contributed by atoms with Gasteiger partial charge in [0.05, 0.1) is 30.9 Å². The first-order chi connectivity index (χ1) is 16.0. The molecule has 174 valence electrons. The van der Waals surface area contributed by atoms with Gasteiger partial charge in [0.15, 0.2) is 0 Å². The fourth-order valence-corrected chi connectivity index (χ4v) is 3.93. The van der Waals surface area contributed by atoms with Gasteiger partial charge in [-0.2, -0.15) is 0 Å². The number of hydrogen-bond acceptors (Lipinski definition) is 5. The smallest absolute Gasteiger partial charge is 0.257 e. The quantitative estimate of drug-likeness (QED) is 0.507. The Morgan fingerprint density at radius 2 is 1.76 bits per heavy atom. The third-order valence-electron chi connectivity index (χ3n) is 6.01. The average Bonchev–Trinajstić information content (AvgIpc) is 3.26. The molecular formula is C25H27F2N3O3. The monoisotopic (exact) mass is 455 g/mol. The Labute approximate surface area is 191 Å². The van der Waals surface area contributed by atoms with Gasteiger partial charge < -0.3 is 19.1 Å². The molecule has 0 saturated carbocycles. The largest absolute Gasteiger partial charge is 0.378 e. The molecular weight excluding hydrogens is 428 g/mol. The molecule has 1 atom stereocenters. The number of halogens is 2. The van der Waals surface area contributed by atoms with Gasteiger partial charge in [0.2, 0.25) is 5.88 Å². The summed E-state index contributed by atoms with van der Waals surface area (Å²) in [5.74, 6) is -0.970. The SMILES string of the molecule is CC[C@H](C)N(Cc1c(-c2ccccc2F)noc1N1CCOCC1)C(=O)c1ccccc1F. The predicted molar refractivity (Wildman–Crippen MR) is 121 cm³/mol. The van der Waals surface area contributed by atoms with Crippen LogP contribution in [-0.2, 0) is 11.3 Å². The first-order valence-electron chi connectivity index (χ1n) is 11.1. The Kier molecular flexibility index (Phi) is 7.03. The average molecular weight is 456 g/mol. The van der Waals surface area contributed by atoms with E-state index in [2.05, 4.69) is 5.16 Å². The Balaban J connectivity index is 1.79. The summed E-state index contributed by atoms with van der Waals surface area (Å²) < 4.78 is 40.3. The molecule has 0 bridgehead atoms. The number of anilines is 1. The number of rotatable bonds is 7. The highest BCUT2D eigenvalue weighted by atomic mass is 19.1. The fraction of sp³-hybridized carbons (Fsp3) is 0.360. The van der Waals surface area contributed by atoms with Crippen molar-refractivity contribution < 1.29 is 22.8 Å². The van der Waals surface area contributed by atoms with Crippen LogP contribution >= 0.6 is 0 Å². The predicted octanol–water partition coefficient (Wildman–Crippen LogP) is 4.90. The van der Waals surface area contributed by atoms with Crippen LogP contribution in [0.2, 0.25) is 0 Å². The van der Waals surface area contributed by atoms with E-state index in [1.54, 1.807) is 35.2 Å². The molecule has 1 aromatic heterocycles. The van der Waals surface area contributed by atoms with Gasteiger partial charge in [-0.05, 0) is 37.6 Å². The molecule has 0 unspecified atom stereocenters. The number of morpholine rings is 1. The first-order valence-corrected chi connectivity index (χ1v) is 11.1. The van der Waals surface area contributed by atoms with Crippen LogP contribution in [0, 0.1) is 11.6 Å². The number of benzene rings is 2. The summed E-state index contributed by atoms with van der Waals surface area (Å²) in [7, 11) is 0. The Bertz CT molecular complexity index is 1110. The number of carbonyl (C=O) groups excluding carboxylic acids is 1. The van der Waals surface area contributed by atoms with Crippen molar-refractivity contribution in [3.8, 4) is 11.3 Å². The van der Waals surface area contributed by atoms with Crippen molar-refractivity contribution in [3.63, 3.8) is 0 Å². The molecule has 1 aliphatic rings. The van der Waals surface area contributed by atoms with Gasteiger partial charge >= 0.3 is 0 Å². The number of nitrogens with zero attached hydrogens (tertiary/aromatic N) is 3. The van der Waals surface area contributed by atoms with Crippen molar-refractivity contribution in [1.82, 2.24) is 10.1 Å². The van der Waals surface area contributed by atoms with Crippen molar-refractivity contribution in [2.75, 3.05) is 31.2 Å². The lowest BCUT2D eigenvalue weighted by Crippen LogP contribution is -2.40. The van der Waals surface area contributed by atoms with E-state index < -0.39 is 17.5 Å². The van der Waals surface area contributed by atoms with E-state index in [1.807, 2.05) is 18.7 Å². The molecule has 0 aliphatic carbocycles. The second kappa shape index (κ2) is 10.1. The maximum Gasteiger partial charge on any atom is 0.257 e. The van der Waals surface area contributed by atoms with Crippen molar-refractivity contribution in [2.45, 2.75) is 32.9 Å². The molecule has 0 spiro atoms. The summed E-state index contributed by atoms with van der Waals surface area (Å²) in [5.41, 5.74) is 1.21. The topological polar surface area (TPSA) is 58.8 Å². The van der Waals surface area contributed by atoms with Crippen molar-refractivity contribution in [3.05, 3.63) is 71.3 Å². The van der Waals surface area contributed by atoms with E-state index in [9.17, 15) is 13.6 Å². The van der Waals surface area contributed by atoms with Crippen LogP contribution in [0.5, 0.6) is 0 Å². The fourth-order valence-electron chi connectivity index (χ4n) is 3.93. The van der Waals surface area contributed by atoms with Gasteiger partial charge in [-0.1, -0.05) is 36.3 Å². The number of carbonyl (C=O) groups is 1. The van der Waals surface area contributed by atoms with Crippen molar-refractivity contribution >= 4 is 11.8 Å². The number of hydrogen-bond donors (Lipinski definition) is 0. The van der Waals surface area contributed by atoms with Gasteiger partial charge in [-0.3, -0.25) is 4.79 Å². The molecule has 1 aliphatic heterocycles. The maximum absolute atomic E-state index is 14.7. The van der Waals surface area contributed by atoms with E-state index in [0.29, 0.717) is 55.4 Å². The summed E-state index contributed by atoms with van der Waals surface area (Å²) >= 11 is 0. The summed E-state index contributed by atoms with van der Waals surface area (Å²) in [6, 6.07) is 12.0.